The van der Waals surface area contributed by atoms with Gasteiger partial charge in [0.15, 0.2) is 0 Å². The normalized spacial score (nSPS) is 11.1. The van der Waals surface area contributed by atoms with E-state index >= 15 is 0 Å². The minimum absolute atomic E-state index is 0.158. The van der Waals surface area contributed by atoms with Gasteiger partial charge in [0.2, 0.25) is 5.90 Å². The zero-order valence-electron chi connectivity index (χ0n) is 12.5. The summed E-state index contributed by atoms with van der Waals surface area (Å²) in [6.45, 7) is 2.72. The molecule has 0 saturated carbocycles. The summed E-state index contributed by atoms with van der Waals surface area (Å²) in [5, 5.41) is 7.47. The molecule has 0 aliphatic rings. The molecule has 0 amide bonds. The fourth-order valence-electron chi connectivity index (χ4n) is 1.77. The van der Waals surface area contributed by atoms with Crippen molar-refractivity contribution >= 4 is 40.7 Å². The van der Waals surface area contributed by atoms with Gasteiger partial charge in [-0.1, -0.05) is 76.8 Å². The van der Waals surface area contributed by atoms with Crippen LogP contribution in [0.25, 0.3) is 0 Å². The van der Waals surface area contributed by atoms with E-state index in [1.54, 1.807) is 0 Å². The van der Waals surface area contributed by atoms with Crippen LogP contribution in [0.4, 0.5) is 0 Å². The van der Waals surface area contributed by atoms with Crippen LogP contribution in [0.5, 0.6) is 5.75 Å². The third-order valence-corrected chi connectivity index (χ3v) is 3.61. The molecule has 23 heavy (non-hydrogen) atoms. The number of halogens is 3. The van der Waals surface area contributed by atoms with Gasteiger partial charge in [-0.2, -0.15) is 0 Å². The van der Waals surface area contributed by atoms with E-state index < -0.39 is 9.69 Å². The summed E-state index contributed by atoms with van der Waals surface area (Å²) >= 11 is 16.6. The average Bonchev–Trinajstić information content (AvgIpc) is 2.52. The molecule has 0 bridgehead atoms. The molecule has 2 aromatic carbocycles. The van der Waals surface area contributed by atoms with Crippen molar-refractivity contribution < 1.29 is 9.47 Å². The fourth-order valence-corrected chi connectivity index (χ4v) is 1.93. The SMILES string of the molecule is Cc1ccc(COc2ccc(COC(=N)C(Cl)(Cl)Cl)cc2)cc1. The van der Waals surface area contributed by atoms with E-state index in [2.05, 4.69) is 12.1 Å². The van der Waals surface area contributed by atoms with Crippen LogP contribution < -0.4 is 4.74 Å². The van der Waals surface area contributed by atoms with Crippen LogP contribution in [0.15, 0.2) is 48.5 Å². The molecule has 0 fully saturated rings. The molecule has 0 radical (unpaired) electrons. The van der Waals surface area contributed by atoms with E-state index in [1.165, 1.54) is 5.56 Å². The van der Waals surface area contributed by atoms with E-state index in [4.69, 9.17) is 49.7 Å². The quantitative estimate of drug-likeness (QED) is 0.431. The molecule has 3 nitrogen and oxygen atoms in total. The Morgan fingerprint density at radius 1 is 0.913 bits per heavy atom. The summed E-state index contributed by atoms with van der Waals surface area (Å²) < 4.78 is 9.00. The van der Waals surface area contributed by atoms with Crippen LogP contribution in [0.1, 0.15) is 16.7 Å². The molecule has 0 aliphatic heterocycles. The van der Waals surface area contributed by atoms with Crippen molar-refractivity contribution in [3.05, 3.63) is 65.2 Å². The summed E-state index contributed by atoms with van der Waals surface area (Å²) in [5.41, 5.74) is 3.18. The Morgan fingerprint density at radius 2 is 1.43 bits per heavy atom. The van der Waals surface area contributed by atoms with Gasteiger partial charge in [-0.25, -0.2) is 0 Å². The highest BCUT2D eigenvalue weighted by Crippen LogP contribution is 2.28. The lowest BCUT2D eigenvalue weighted by atomic mass is 10.2. The van der Waals surface area contributed by atoms with Crippen LogP contribution in [-0.4, -0.2) is 9.69 Å². The van der Waals surface area contributed by atoms with Crippen molar-refractivity contribution in [2.75, 3.05) is 0 Å². The molecule has 2 rings (SSSR count). The Hall–Kier alpha value is -1.42. The van der Waals surface area contributed by atoms with Gasteiger partial charge < -0.3 is 9.47 Å². The monoisotopic (exact) mass is 371 g/mol. The maximum absolute atomic E-state index is 7.47. The lowest BCUT2D eigenvalue weighted by Gasteiger charge is -2.13. The Labute approximate surface area is 150 Å². The van der Waals surface area contributed by atoms with Crippen molar-refractivity contribution in [1.29, 1.82) is 5.41 Å². The summed E-state index contributed by atoms with van der Waals surface area (Å²) in [4.78, 5) is 0. The molecule has 0 spiro atoms. The smallest absolute Gasteiger partial charge is 0.265 e. The number of alkyl halides is 3. The minimum atomic E-state index is -1.84. The maximum Gasteiger partial charge on any atom is 0.265 e. The number of rotatable bonds is 5. The number of ether oxygens (including phenoxy) is 2. The first-order valence-corrected chi connectivity index (χ1v) is 8.04. The van der Waals surface area contributed by atoms with Crippen LogP contribution in [-0.2, 0) is 18.0 Å². The second-order valence-electron chi connectivity index (χ2n) is 5.03. The van der Waals surface area contributed by atoms with E-state index in [0.29, 0.717) is 6.61 Å². The van der Waals surface area contributed by atoms with Crippen LogP contribution >= 0.6 is 34.8 Å². The minimum Gasteiger partial charge on any atom is -0.489 e. The maximum atomic E-state index is 7.47. The number of benzene rings is 2. The fraction of sp³-hybridized carbons (Fsp3) is 0.235. The number of hydrogen-bond donors (Lipinski definition) is 1. The first kappa shape index (κ1) is 17.9. The van der Waals surface area contributed by atoms with E-state index in [0.717, 1.165) is 16.9 Å². The molecule has 122 valence electrons. The molecule has 1 N–H and O–H groups in total. The highest BCUT2D eigenvalue weighted by Gasteiger charge is 2.28. The second kappa shape index (κ2) is 7.91. The number of nitrogens with one attached hydrogen (secondary N) is 1. The standard InChI is InChI=1S/C17H16Cl3NO2/c1-12-2-4-13(5-3-12)10-22-15-8-6-14(7-9-15)11-23-16(21)17(18,19)20/h2-9,21H,10-11H2,1H3. The van der Waals surface area contributed by atoms with Gasteiger partial charge in [-0.3, -0.25) is 5.41 Å². The Kier molecular flexibility index (Phi) is 6.17. The van der Waals surface area contributed by atoms with Crippen LogP contribution in [0.2, 0.25) is 0 Å². The van der Waals surface area contributed by atoms with Crippen LogP contribution in [0, 0.1) is 12.3 Å². The van der Waals surface area contributed by atoms with Gasteiger partial charge in [0.25, 0.3) is 3.79 Å². The van der Waals surface area contributed by atoms with E-state index in [1.807, 2.05) is 43.3 Å². The van der Waals surface area contributed by atoms with E-state index in [9.17, 15) is 0 Å². The van der Waals surface area contributed by atoms with Gasteiger partial charge in [0.1, 0.15) is 19.0 Å². The van der Waals surface area contributed by atoms with Crippen molar-refractivity contribution in [3.63, 3.8) is 0 Å². The average molecular weight is 373 g/mol. The largest absolute Gasteiger partial charge is 0.489 e. The van der Waals surface area contributed by atoms with Gasteiger partial charge >= 0.3 is 0 Å². The zero-order chi connectivity index (χ0) is 16.9. The molecule has 6 heteroatoms. The molecular weight excluding hydrogens is 357 g/mol. The second-order valence-corrected chi connectivity index (χ2v) is 7.32. The first-order valence-electron chi connectivity index (χ1n) is 6.90. The third-order valence-electron chi connectivity index (χ3n) is 3.09. The lowest BCUT2D eigenvalue weighted by molar-refractivity contribution is 0.282. The molecule has 0 heterocycles. The van der Waals surface area contributed by atoms with Crippen molar-refractivity contribution in [1.82, 2.24) is 0 Å². The molecular formula is C17H16Cl3NO2. The van der Waals surface area contributed by atoms with Crippen molar-refractivity contribution in [2.45, 2.75) is 23.9 Å². The summed E-state index contributed by atoms with van der Waals surface area (Å²) in [7, 11) is 0. The van der Waals surface area contributed by atoms with E-state index in [-0.39, 0.29) is 6.61 Å². The zero-order valence-corrected chi connectivity index (χ0v) is 14.8. The molecule has 2 aromatic rings. The predicted octanol–water partition coefficient (Wildman–Crippen LogP) is 5.44. The van der Waals surface area contributed by atoms with Crippen molar-refractivity contribution in [2.24, 2.45) is 0 Å². The first-order chi connectivity index (χ1) is 10.8. The van der Waals surface area contributed by atoms with Gasteiger partial charge in [0, 0.05) is 0 Å². The Balaban J connectivity index is 1.84. The summed E-state index contributed by atoms with van der Waals surface area (Å²) in [6.07, 6.45) is 0. The highest BCUT2D eigenvalue weighted by atomic mass is 35.6. The Morgan fingerprint density at radius 3 is 2.00 bits per heavy atom. The van der Waals surface area contributed by atoms with Gasteiger partial charge in [-0.15, -0.1) is 0 Å². The Bertz CT molecular complexity index is 649. The van der Waals surface area contributed by atoms with Crippen molar-refractivity contribution in [3.8, 4) is 5.75 Å². The third kappa shape index (κ3) is 5.94. The van der Waals surface area contributed by atoms with Gasteiger partial charge in [0.05, 0.1) is 0 Å². The summed E-state index contributed by atoms with van der Waals surface area (Å²) in [6, 6.07) is 15.6. The number of aryl methyl sites for hydroxylation is 1. The number of hydrogen-bond acceptors (Lipinski definition) is 3. The van der Waals surface area contributed by atoms with Crippen LogP contribution in [0.3, 0.4) is 0 Å². The molecule has 0 unspecified atom stereocenters. The summed E-state index contributed by atoms with van der Waals surface area (Å²) in [5.74, 6) is 0.355. The molecule has 0 aromatic heterocycles. The molecule has 0 aliphatic carbocycles. The lowest BCUT2D eigenvalue weighted by Crippen LogP contribution is -2.20. The highest BCUT2D eigenvalue weighted by molar-refractivity contribution is 6.76. The molecule has 0 saturated heterocycles. The topological polar surface area (TPSA) is 42.3 Å². The van der Waals surface area contributed by atoms with Gasteiger partial charge in [-0.05, 0) is 30.2 Å². The molecule has 0 atom stereocenters. The predicted molar refractivity (Wildman–Crippen MR) is 94.8 cm³/mol.